The maximum Gasteiger partial charge on any atom is 0.237 e. The first-order valence-electron chi connectivity index (χ1n) is 4.72. The molecule has 1 amide bonds. The maximum atomic E-state index is 11.4. The van der Waals surface area contributed by atoms with Crippen LogP contribution in [0.15, 0.2) is 18.2 Å². The van der Waals surface area contributed by atoms with Gasteiger partial charge in [-0.3, -0.25) is 9.00 Å². The molecule has 1 aromatic rings. The number of benzene rings is 1. The summed E-state index contributed by atoms with van der Waals surface area (Å²) < 4.78 is 11.1. The molecule has 6 heteroatoms. The van der Waals surface area contributed by atoms with Crippen LogP contribution in [0, 0.1) is 0 Å². The minimum Gasteiger partial charge on any atom is -0.399 e. The van der Waals surface area contributed by atoms with Crippen molar-refractivity contribution in [2.75, 3.05) is 22.6 Å². The maximum absolute atomic E-state index is 11.4. The molecule has 1 aromatic carbocycles. The van der Waals surface area contributed by atoms with Gasteiger partial charge in [-0.15, -0.1) is 0 Å². The topological polar surface area (TPSA) is 72.2 Å². The molecular formula is C10H13ClN2O2S. The normalized spacial score (nSPS) is 12.1. The van der Waals surface area contributed by atoms with Gasteiger partial charge in [-0.05, 0) is 18.2 Å². The van der Waals surface area contributed by atoms with E-state index >= 15 is 0 Å². The predicted molar refractivity (Wildman–Crippen MR) is 68.0 cm³/mol. The molecule has 0 spiro atoms. The molecule has 0 saturated heterocycles. The number of carbonyl (C=O) groups is 1. The lowest BCUT2D eigenvalue weighted by molar-refractivity contribution is -0.113. The van der Waals surface area contributed by atoms with E-state index in [9.17, 15) is 9.00 Å². The van der Waals surface area contributed by atoms with E-state index in [0.717, 1.165) is 0 Å². The lowest BCUT2D eigenvalue weighted by Gasteiger charge is -2.07. The lowest BCUT2D eigenvalue weighted by Crippen LogP contribution is -2.20. The molecule has 4 nitrogen and oxygen atoms in total. The van der Waals surface area contributed by atoms with E-state index in [0.29, 0.717) is 22.2 Å². The van der Waals surface area contributed by atoms with Crippen molar-refractivity contribution in [3.8, 4) is 0 Å². The monoisotopic (exact) mass is 260 g/mol. The second-order valence-corrected chi connectivity index (χ2v) is 5.31. The summed E-state index contributed by atoms with van der Waals surface area (Å²) in [5, 5.41) is 2.95. The molecule has 0 heterocycles. The minimum absolute atomic E-state index is 0.0167. The van der Waals surface area contributed by atoms with E-state index < -0.39 is 10.8 Å². The summed E-state index contributed by atoms with van der Waals surface area (Å²) in [6.45, 7) is 1.76. The lowest BCUT2D eigenvalue weighted by atomic mass is 10.3. The van der Waals surface area contributed by atoms with Crippen molar-refractivity contribution in [3.05, 3.63) is 23.2 Å². The number of amides is 1. The zero-order valence-electron chi connectivity index (χ0n) is 8.83. The zero-order chi connectivity index (χ0) is 12.1. The number of halogens is 1. The van der Waals surface area contributed by atoms with E-state index in [2.05, 4.69) is 5.32 Å². The molecule has 0 aliphatic carbocycles. The molecule has 1 rings (SSSR count). The Morgan fingerprint density at radius 3 is 2.81 bits per heavy atom. The number of carbonyl (C=O) groups excluding carboxylic acids is 1. The number of hydrogen-bond donors (Lipinski definition) is 2. The molecule has 3 N–H and O–H groups in total. The Bertz CT molecular complexity index is 423. The molecule has 0 aliphatic rings. The first-order valence-corrected chi connectivity index (χ1v) is 6.59. The molecule has 0 fully saturated rings. The molecular weight excluding hydrogens is 248 g/mol. The van der Waals surface area contributed by atoms with Crippen LogP contribution >= 0.6 is 11.6 Å². The number of nitrogens with one attached hydrogen (secondary N) is 1. The van der Waals surface area contributed by atoms with Gasteiger partial charge < -0.3 is 11.1 Å². The summed E-state index contributed by atoms with van der Waals surface area (Å²) in [6.07, 6.45) is 0. The first-order chi connectivity index (χ1) is 7.52. The van der Waals surface area contributed by atoms with Crippen molar-refractivity contribution >= 4 is 39.7 Å². The number of nitrogens with two attached hydrogens (primary N) is 1. The van der Waals surface area contributed by atoms with Crippen molar-refractivity contribution in [1.29, 1.82) is 0 Å². The zero-order valence-corrected chi connectivity index (χ0v) is 10.4. The van der Waals surface area contributed by atoms with Gasteiger partial charge in [0.15, 0.2) is 0 Å². The Hall–Kier alpha value is -1.07. The van der Waals surface area contributed by atoms with Crippen LogP contribution in [0.1, 0.15) is 6.92 Å². The van der Waals surface area contributed by atoms with Gasteiger partial charge in [0.25, 0.3) is 0 Å². The van der Waals surface area contributed by atoms with Gasteiger partial charge in [0.05, 0.1) is 10.7 Å². The van der Waals surface area contributed by atoms with Gasteiger partial charge in [-0.25, -0.2) is 0 Å². The number of anilines is 2. The average Bonchev–Trinajstić information content (AvgIpc) is 2.22. The standard InChI is InChI=1S/C10H13ClN2O2S/c1-2-16(15)6-10(14)13-9-4-3-7(12)5-8(9)11/h3-5H,2,6,12H2,1H3,(H,13,14). The third-order valence-corrected chi connectivity index (χ3v) is 3.42. The van der Waals surface area contributed by atoms with Crippen LogP contribution < -0.4 is 11.1 Å². The largest absolute Gasteiger partial charge is 0.399 e. The molecule has 0 radical (unpaired) electrons. The highest BCUT2D eigenvalue weighted by Gasteiger charge is 2.08. The Labute approximate surface area is 102 Å². The van der Waals surface area contributed by atoms with Crippen molar-refractivity contribution < 1.29 is 9.00 Å². The minimum atomic E-state index is -1.12. The van der Waals surface area contributed by atoms with E-state index in [-0.39, 0.29) is 11.7 Å². The fourth-order valence-corrected chi connectivity index (χ4v) is 1.87. The van der Waals surface area contributed by atoms with Crippen LogP contribution in [0.2, 0.25) is 5.02 Å². The van der Waals surface area contributed by atoms with Crippen LogP contribution in [0.3, 0.4) is 0 Å². The fourth-order valence-electron chi connectivity index (χ4n) is 1.07. The second-order valence-electron chi connectivity index (χ2n) is 3.16. The Balaban J connectivity index is 2.66. The van der Waals surface area contributed by atoms with Crippen LogP contribution in [-0.2, 0) is 15.6 Å². The number of nitrogen functional groups attached to an aromatic ring is 1. The molecule has 16 heavy (non-hydrogen) atoms. The summed E-state index contributed by atoms with van der Waals surface area (Å²) in [5.41, 5.74) is 6.52. The van der Waals surface area contributed by atoms with E-state index in [1.54, 1.807) is 25.1 Å². The van der Waals surface area contributed by atoms with Crippen LogP contribution in [0.25, 0.3) is 0 Å². The van der Waals surface area contributed by atoms with E-state index in [1.165, 1.54) is 0 Å². The predicted octanol–water partition coefficient (Wildman–Crippen LogP) is 1.63. The van der Waals surface area contributed by atoms with Gasteiger partial charge in [0, 0.05) is 22.2 Å². The highest BCUT2D eigenvalue weighted by molar-refractivity contribution is 7.85. The summed E-state index contributed by atoms with van der Waals surface area (Å²) in [7, 11) is -1.12. The molecule has 1 atom stereocenters. The first kappa shape index (κ1) is 13.0. The number of rotatable bonds is 4. The molecule has 88 valence electrons. The summed E-state index contributed by atoms with van der Waals surface area (Å²) in [6, 6.07) is 4.80. The summed E-state index contributed by atoms with van der Waals surface area (Å²) >= 11 is 5.87. The smallest absolute Gasteiger partial charge is 0.237 e. The van der Waals surface area contributed by atoms with Gasteiger partial charge >= 0.3 is 0 Å². The summed E-state index contributed by atoms with van der Waals surface area (Å²) in [5.74, 6) is 0.131. The van der Waals surface area contributed by atoms with Crippen LogP contribution in [-0.4, -0.2) is 21.6 Å². The van der Waals surface area contributed by atoms with Gasteiger partial charge in [-0.1, -0.05) is 18.5 Å². The summed E-state index contributed by atoms with van der Waals surface area (Å²) in [4.78, 5) is 11.4. The van der Waals surface area contributed by atoms with Crippen LogP contribution in [0.5, 0.6) is 0 Å². The quantitative estimate of drug-likeness (QED) is 0.809. The molecule has 0 aromatic heterocycles. The van der Waals surface area contributed by atoms with Crippen LogP contribution in [0.4, 0.5) is 11.4 Å². The average molecular weight is 261 g/mol. The van der Waals surface area contributed by atoms with Crippen molar-refractivity contribution in [3.63, 3.8) is 0 Å². The van der Waals surface area contributed by atoms with Crippen molar-refractivity contribution in [2.45, 2.75) is 6.92 Å². The van der Waals surface area contributed by atoms with Crippen molar-refractivity contribution in [1.82, 2.24) is 0 Å². The van der Waals surface area contributed by atoms with Gasteiger partial charge in [0.1, 0.15) is 5.75 Å². The second kappa shape index (κ2) is 5.86. The molecule has 1 unspecified atom stereocenters. The highest BCUT2D eigenvalue weighted by atomic mass is 35.5. The third kappa shape index (κ3) is 3.83. The van der Waals surface area contributed by atoms with Crippen molar-refractivity contribution in [2.24, 2.45) is 0 Å². The van der Waals surface area contributed by atoms with Gasteiger partial charge in [0.2, 0.25) is 5.91 Å². The van der Waals surface area contributed by atoms with E-state index in [1.807, 2.05) is 0 Å². The van der Waals surface area contributed by atoms with Gasteiger partial charge in [-0.2, -0.15) is 0 Å². The Morgan fingerprint density at radius 1 is 1.56 bits per heavy atom. The molecule has 0 bridgehead atoms. The third-order valence-electron chi connectivity index (χ3n) is 1.88. The molecule has 0 saturated carbocycles. The fraction of sp³-hybridized carbons (Fsp3) is 0.300. The Kier molecular flexibility index (Phi) is 4.76. The Morgan fingerprint density at radius 2 is 2.25 bits per heavy atom. The molecule has 0 aliphatic heterocycles. The number of hydrogen-bond acceptors (Lipinski definition) is 3. The van der Waals surface area contributed by atoms with E-state index in [4.69, 9.17) is 17.3 Å². The SMILES string of the molecule is CCS(=O)CC(=O)Nc1ccc(N)cc1Cl. The highest BCUT2D eigenvalue weighted by Crippen LogP contribution is 2.23.